The highest BCUT2D eigenvalue weighted by Crippen LogP contribution is 2.43. The Morgan fingerprint density at radius 2 is 0.962 bits per heavy atom. The molecule has 0 aromatic heterocycles. The highest BCUT2D eigenvalue weighted by atomic mass is 32.2. The SMILES string of the molecule is CCCCCCCCCCCCCCSCC(=O)OC[C@H](COP(=O)(O)OCC[N+](C)(C)C)OC(=O)CSCCCCCCCCCCCCCC. The van der Waals surface area contributed by atoms with Crippen LogP contribution in [0.2, 0.25) is 0 Å². The molecule has 0 bridgehead atoms. The maximum atomic E-state index is 12.6. The van der Waals surface area contributed by atoms with E-state index in [9.17, 15) is 19.0 Å². The Morgan fingerprint density at radius 1 is 0.577 bits per heavy atom. The van der Waals surface area contributed by atoms with Crippen molar-refractivity contribution in [3.8, 4) is 0 Å². The lowest BCUT2D eigenvalue weighted by molar-refractivity contribution is -0.870. The summed E-state index contributed by atoms with van der Waals surface area (Å²) in [6.45, 7) is 4.40. The third kappa shape index (κ3) is 39.4. The first kappa shape index (κ1) is 51.7. The van der Waals surface area contributed by atoms with Crippen molar-refractivity contribution in [2.24, 2.45) is 0 Å². The van der Waals surface area contributed by atoms with Gasteiger partial charge >= 0.3 is 19.8 Å². The quantitative estimate of drug-likeness (QED) is 0.0278. The molecule has 0 radical (unpaired) electrons. The number of quaternary nitrogens is 1. The number of carbonyl (C=O) groups is 2. The summed E-state index contributed by atoms with van der Waals surface area (Å²) in [5.74, 6) is 1.26. The molecule has 0 heterocycles. The largest absolute Gasteiger partial charge is 0.472 e. The number of hydrogen-bond donors (Lipinski definition) is 1. The molecule has 0 fully saturated rings. The summed E-state index contributed by atoms with van der Waals surface area (Å²) in [4.78, 5) is 35.2. The molecule has 0 saturated carbocycles. The number of phosphoric ester groups is 1. The molecule has 0 spiro atoms. The second-order valence-corrected chi connectivity index (χ2v) is 19.0. The summed E-state index contributed by atoms with van der Waals surface area (Å²) in [5, 5.41) is 0. The van der Waals surface area contributed by atoms with Crippen molar-refractivity contribution >= 4 is 43.3 Å². The van der Waals surface area contributed by atoms with Crippen LogP contribution in [-0.2, 0) is 32.7 Å². The van der Waals surface area contributed by atoms with Gasteiger partial charge in [-0.25, -0.2) is 4.57 Å². The van der Waals surface area contributed by atoms with Crippen LogP contribution in [0.15, 0.2) is 0 Å². The Hall–Kier alpha value is -0.290. The summed E-state index contributed by atoms with van der Waals surface area (Å²) in [6.07, 6.45) is 30.0. The molecule has 310 valence electrons. The maximum Gasteiger partial charge on any atom is 0.472 e. The molecule has 12 heteroatoms. The van der Waals surface area contributed by atoms with Crippen molar-refractivity contribution in [3.05, 3.63) is 0 Å². The van der Waals surface area contributed by atoms with Gasteiger partial charge in [-0.15, -0.1) is 0 Å². The first-order chi connectivity index (χ1) is 25.0. The molecule has 0 aliphatic heterocycles. The molecule has 9 nitrogen and oxygen atoms in total. The van der Waals surface area contributed by atoms with Crippen LogP contribution >= 0.6 is 31.3 Å². The van der Waals surface area contributed by atoms with Gasteiger partial charge in [-0.05, 0) is 24.3 Å². The van der Waals surface area contributed by atoms with Gasteiger partial charge in [0.1, 0.15) is 19.8 Å². The van der Waals surface area contributed by atoms with Crippen molar-refractivity contribution in [2.75, 3.05) is 70.5 Å². The topological polar surface area (TPSA) is 108 Å². The van der Waals surface area contributed by atoms with E-state index >= 15 is 0 Å². The smallest absolute Gasteiger partial charge is 0.461 e. The molecular weight excluding hydrogens is 718 g/mol. The number of unbranched alkanes of at least 4 members (excludes halogenated alkanes) is 22. The fraction of sp³-hybridized carbons (Fsp3) is 0.950. The van der Waals surface area contributed by atoms with Crippen LogP contribution in [0.3, 0.4) is 0 Å². The lowest BCUT2D eigenvalue weighted by Crippen LogP contribution is -2.37. The number of rotatable bonds is 40. The van der Waals surface area contributed by atoms with E-state index in [0.29, 0.717) is 11.0 Å². The van der Waals surface area contributed by atoms with Crippen molar-refractivity contribution < 1.29 is 42.1 Å². The summed E-state index contributed by atoms with van der Waals surface area (Å²) in [6, 6.07) is 0. The number of ether oxygens (including phenoxy) is 2. The standard InChI is InChI=1S/C40H80NO8PS2/c1-6-8-10-12-14-16-18-20-22-24-26-28-32-51-36-39(42)46-34-38(35-48-50(44,45)47-31-30-41(3,4)5)49-40(43)37-52-33-29-27-25-23-21-19-17-15-13-11-9-7-2/h38H,6-37H2,1-5H3/p+1/t38-/m1/s1. The molecule has 0 aromatic rings. The molecule has 0 amide bonds. The van der Waals surface area contributed by atoms with E-state index < -0.39 is 32.5 Å². The number of likely N-dealkylation sites (N-methyl/N-ethyl adjacent to an activating group) is 1. The average Bonchev–Trinajstić information content (AvgIpc) is 3.09. The van der Waals surface area contributed by atoms with Crippen LogP contribution in [0.25, 0.3) is 0 Å². The Bertz CT molecular complexity index is 877. The van der Waals surface area contributed by atoms with Crippen molar-refractivity contribution in [1.29, 1.82) is 0 Å². The highest BCUT2D eigenvalue weighted by Gasteiger charge is 2.27. The second-order valence-electron chi connectivity index (χ2n) is 15.3. The molecule has 0 aliphatic carbocycles. The minimum absolute atomic E-state index is 0.0307. The van der Waals surface area contributed by atoms with Gasteiger partial charge in [-0.2, -0.15) is 23.5 Å². The zero-order valence-corrected chi connectivity index (χ0v) is 36.7. The first-order valence-electron chi connectivity index (χ1n) is 20.9. The molecule has 0 rings (SSSR count). The minimum atomic E-state index is -4.37. The predicted molar refractivity (Wildman–Crippen MR) is 222 cm³/mol. The fourth-order valence-corrected chi connectivity index (χ4v) is 7.94. The van der Waals surface area contributed by atoms with Crippen molar-refractivity contribution in [3.63, 3.8) is 0 Å². The predicted octanol–water partition coefficient (Wildman–Crippen LogP) is 11.1. The summed E-state index contributed by atoms with van der Waals surface area (Å²) in [7, 11) is 1.47. The molecule has 2 atom stereocenters. The lowest BCUT2D eigenvalue weighted by atomic mass is 10.1. The normalized spacial score (nSPS) is 13.6. The zero-order valence-electron chi connectivity index (χ0n) is 34.2. The third-order valence-corrected chi connectivity index (χ3v) is 11.9. The fourth-order valence-electron chi connectivity index (χ4n) is 5.61. The molecule has 1 N–H and O–H groups in total. The Morgan fingerprint density at radius 3 is 1.37 bits per heavy atom. The van der Waals surface area contributed by atoms with Crippen molar-refractivity contribution in [2.45, 2.75) is 174 Å². The van der Waals surface area contributed by atoms with E-state index in [-0.39, 0.29) is 24.7 Å². The van der Waals surface area contributed by atoms with Crippen LogP contribution < -0.4 is 0 Å². The van der Waals surface area contributed by atoms with Gasteiger partial charge < -0.3 is 18.9 Å². The summed E-state index contributed by atoms with van der Waals surface area (Å²) < 4.78 is 34.2. The second kappa shape index (κ2) is 36.4. The maximum absolute atomic E-state index is 12.6. The van der Waals surface area contributed by atoms with E-state index in [1.54, 1.807) is 11.8 Å². The molecule has 0 aliphatic rings. The van der Waals surface area contributed by atoms with Crippen LogP contribution in [-0.4, -0.2) is 97.9 Å². The molecule has 52 heavy (non-hydrogen) atoms. The number of phosphoric acid groups is 1. The molecular formula is C40H81NO8PS2+. The molecule has 0 aromatic carbocycles. The van der Waals surface area contributed by atoms with Crippen LogP contribution in [0.5, 0.6) is 0 Å². The van der Waals surface area contributed by atoms with E-state index in [1.165, 1.54) is 147 Å². The zero-order chi connectivity index (χ0) is 38.6. The molecule has 1 unspecified atom stereocenters. The van der Waals surface area contributed by atoms with Crippen LogP contribution in [0, 0.1) is 0 Å². The summed E-state index contributed by atoms with van der Waals surface area (Å²) >= 11 is 3.06. The van der Waals surface area contributed by atoms with E-state index in [1.807, 2.05) is 21.1 Å². The van der Waals surface area contributed by atoms with E-state index in [2.05, 4.69) is 13.8 Å². The van der Waals surface area contributed by atoms with Crippen LogP contribution in [0.1, 0.15) is 168 Å². The van der Waals surface area contributed by atoms with Gasteiger partial charge in [0.25, 0.3) is 0 Å². The van der Waals surface area contributed by atoms with E-state index in [4.69, 9.17) is 18.5 Å². The van der Waals surface area contributed by atoms with Gasteiger partial charge in [-0.1, -0.05) is 155 Å². The monoisotopic (exact) mass is 799 g/mol. The number of hydrogen-bond acceptors (Lipinski definition) is 9. The highest BCUT2D eigenvalue weighted by molar-refractivity contribution is 8.00. The van der Waals surface area contributed by atoms with Gasteiger partial charge in [0.2, 0.25) is 0 Å². The van der Waals surface area contributed by atoms with Crippen LogP contribution in [0.4, 0.5) is 0 Å². The Kier molecular flexibility index (Phi) is 36.2. The average molecular weight is 799 g/mol. The number of thioether (sulfide) groups is 2. The Labute approximate surface area is 328 Å². The first-order valence-corrected chi connectivity index (χ1v) is 24.7. The number of carbonyl (C=O) groups excluding carboxylic acids is 2. The number of esters is 2. The van der Waals surface area contributed by atoms with E-state index in [0.717, 1.165) is 30.8 Å². The van der Waals surface area contributed by atoms with Gasteiger partial charge in [-0.3, -0.25) is 18.6 Å². The van der Waals surface area contributed by atoms with Crippen molar-refractivity contribution in [1.82, 2.24) is 0 Å². The molecule has 0 saturated heterocycles. The number of nitrogens with zero attached hydrogens (tertiary/aromatic N) is 1. The van der Waals surface area contributed by atoms with Gasteiger partial charge in [0, 0.05) is 0 Å². The lowest BCUT2D eigenvalue weighted by Gasteiger charge is -2.24. The third-order valence-electron chi connectivity index (χ3n) is 8.89. The van der Waals surface area contributed by atoms with Gasteiger partial charge in [0.15, 0.2) is 6.10 Å². The Balaban J connectivity index is 4.33. The van der Waals surface area contributed by atoms with Gasteiger partial charge in [0.05, 0.1) is 39.3 Å². The summed E-state index contributed by atoms with van der Waals surface area (Å²) in [5.41, 5.74) is 0. The minimum Gasteiger partial charge on any atom is -0.461 e.